The van der Waals surface area contributed by atoms with Crippen LogP contribution in [0.3, 0.4) is 0 Å². The van der Waals surface area contributed by atoms with Crippen molar-refractivity contribution >= 4 is 22.6 Å². The Morgan fingerprint density at radius 3 is 2.70 bits per heavy atom. The number of hydrogen-bond donors (Lipinski definition) is 2. The molecule has 1 aromatic heterocycles. The second-order valence-electron chi connectivity index (χ2n) is 8.01. The number of nitrogens with zero attached hydrogens (tertiary/aromatic N) is 2. The number of benzene rings is 1. The van der Waals surface area contributed by atoms with Crippen LogP contribution in [0.5, 0.6) is 0 Å². The molecule has 0 aliphatic carbocycles. The summed E-state index contributed by atoms with van der Waals surface area (Å²) in [5, 5.41) is 12.4. The highest BCUT2D eigenvalue weighted by atomic mass is 19.1. The zero-order valence-electron chi connectivity index (χ0n) is 16.3. The molecule has 162 valence electrons. The van der Waals surface area contributed by atoms with Gasteiger partial charge in [0, 0.05) is 31.2 Å². The summed E-state index contributed by atoms with van der Waals surface area (Å²) >= 11 is 0. The van der Waals surface area contributed by atoms with E-state index in [1.54, 1.807) is 4.90 Å². The van der Waals surface area contributed by atoms with Crippen molar-refractivity contribution in [3.63, 3.8) is 0 Å². The molecular weight excluding hydrogens is 403 g/mol. The van der Waals surface area contributed by atoms with Gasteiger partial charge in [0.2, 0.25) is 5.43 Å². The standard InChI is InChI=1S/C20H22F3N3O4/c1-20(9-21,10-22)26-6-12(19(28)29)18(27)11-4-13(23)16(5-15(11)26)25-7-14-17(8-25)30-3-2-24-14/h4-6,14,17,24H,2-3,7-10H2,1H3,(H,28,29)/t14-,17+/m1/s1. The Bertz CT molecular complexity index is 1040. The van der Waals surface area contributed by atoms with Crippen molar-refractivity contribution in [3.8, 4) is 0 Å². The van der Waals surface area contributed by atoms with Gasteiger partial charge in [0.05, 0.1) is 35.5 Å². The molecule has 2 aliphatic heterocycles. The highest BCUT2D eigenvalue weighted by Gasteiger charge is 2.37. The maximum atomic E-state index is 15.0. The van der Waals surface area contributed by atoms with Crippen LogP contribution in [-0.4, -0.2) is 67.4 Å². The van der Waals surface area contributed by atoms with Crippen molar-refractivity contribution in [1.29, 1.82) is 0 Å². The summed E-state index contributed by atoms with van der Waals surface area (Å²) in [5.74, 6) is -2.26. The van der Waals surface area contributed by atoms with Crippen LogP contribution in [0.2, 0.25) is 0 Å². The largest absolute Gasteiger partial charge is 0.477 e. The minimum Gasteiger partial charge on any atom is -0.477 e. The third kappa shape index (κ3) is 3.24. The third-order valence-electron chi connectivity index (χ3n) is 5.91. The maximum Gasteiger partial charge on any atom is 0.341 e. The summed E-state index contributed by atoms with van der Waals surface area (Å²) in [7, 11) is 0. The molecule has 0 amide bonds. The number of carboxylic acids is 1. The number of aromatic nitrogens is 1. The van der Waals surface area contributed by atoms with Crippen molar-refractivity contribution in [3.05, 3.63) is 39.9 Å². The summed E-state index contributed by atoms with van der Waals surface area (Å²) in [5.41, 5.74) is -3.08. The van der Waals surface area contributed by atoms with E-state index < -0.39 is 41.7 Å². The van der Waals surface area contributed by atoms with Crippen LogP contribution in [0.1, 0.15) is 17.3 Å². The molecule has 2 saturated heterocycles. The smallest absolute Gasteiger partial charge is 0.341 e. The first-order valence-corrected chi connectivity index (χ1v) is 9.63. The number of nitrogens with one attached hydrogen (secondary N) is 1. The number of alkyl halides is 2. The molecule has 2 atom stereocenters. The summed E-state index contributed by atoms with van der Waals surface area (Å²) in [6.07, 6.45) is 0.815. The van der Waals surface area contributed by atoms with E-state index in [0.717, 1.165) is 16.8 Å². The van der Waals surface area contributed by atoms with Crippen molar-refractivity contribution in [2.45, 2.75) is 24.6 Å². The summed E-state index contributed by atoms with van der Waals surface area (Å²) in [6.45, 7) is 1.12. The van der Waals surface area contributed by atoms with Gasteiger partial charge in [-0.1, -0.05) is 0 Å². The van der Waals surface area contributed by atoms with Crippen molar-refractivity contribution < 1.29 is 27.8 Å². The molecule has 1 aromatic carbocycles. The lowest BCUT2D eigenvalue weighted by atomic mass is 10.0. The second kappa shape index (κ2) is 7.59. The Morgan fingerprint density at radius 1 is 1.33 bits per heavy atom. The van der Waals surface area contributed by atoms with E-state index in [0.29, 0.717) is 26.2 Å². The van der Waals surface area contributed by atoms with Gasteiger partial charge in [-0.25, -0.2) is 18.0 Å². The average Bonchev–Trinajstić information content (AvgIpc) is 3.17. The highest BCUT2D eigenvalue weighted by molar-refractivity contribution is 5.93. The predicted octanol–water partition coefficient (Wildman–Crippen LogP) is 1.67. The monoisotopic (exact) mass is 425 g/mol. The molecule has 2 fully saturated rings. The molecule has 0 spiro atoms. The minimum atomic E-state index is -1.74. The summed E-state index contributed by atoms with van der Waals surface area (Å²) < 4.78 is 49.4. The summed E-state index contributed by atoms with van der Waals surface area (Å²) in [4.78, 5) is 25.9. The number of carbonyl (C=O) groups is 1. The van der Waals surface area contributed by atoms with Crippen LogP contribution in [0.4, 0.5) is 18.9 Å². The number of hydrogen-bond acceptors (Lipinski definition) is 5. The number of pyridine rings is 1. The molecule has 0 radical (unpaired) electrons. The zero-order valence-corrected chi connectivity index (χ0v) is 16.3. The van der Waals surface area contributed by atoms with Crippen LogP contribution >= 0.6 is 0 Å². The topological polar surface area (TPSA) is 83.8 Å². The van der Waals surface area contributed by atoms with Crippen LogP contribution in [0.15, 0.2) is 23.1 Å². The summed E-state index contributed by atoms with van der Waals surface area (Å²) in [6, 6.07) is 2.33. The van der Waals surface area contributed by atoms with E-state index in [4.69, 9.17) is 4.74 Å². The molecule has 0 unspecified atom stereocenters. The molecule has 3 heterocycles. The Hall–Kier alpha value is -2.59. The number of rotatable bonds is 5. The van der Waals surface area contributed by atoms with E-state index in [2.05, 4.69) is 5.32 Å². The van der Waals surface area contributed by atoms with Crippen molar-refractivity contribution in [2.75, 3.05) is 44.5 Å². The Kier molecular flexibility index (Phi) is 5.23. The first-order valence-electron chi connectivity index (χ1n) is 9.63. The average molecular weight is 425 g/mol. The first-order chi connectivity index (χ1) is 14.3. The lowest BCUT2D eigenvalue weighted by molar-refractivity contribution is 0.0212. The van der Waals surface area contributed by atoms with E-state index >= 15 is 4.39 Å². The molecule has 2 N–H and O–H groups in total. The number of anilines is 1. The molecule has 0 saturated carbocycles. The lowest BCUT2D eigenvalue weighted by Gasteiger charge is -2.29. The molecule has 7 nitrogen and oxygen atoms in total. The fraction of sp³-hybridized carbons (Fsp3) is 0.500. The van der Waals surface area contributed by atoms with Crippen molar-refractivity contribution in [1.82, 2.24) is 9.88 Å². The van der Waals surface area contributed by atoms with Crippen LogP contribution in [0, 0.1) is 5.82 Å². The Labute approximate surface area is 170 Å². The Morgan fingerprint density at radius 2 is 2.07 bits per heavy atom. The normalized spacial score (nSPS) is 21.8. The van der Waals surface area contributed by atoms with E-state index in [1.807, 2.05) is 0 Å². The maximum absolute atomic E-state index is 15.0. The first kappa shape index (κ1) is 20.7. The van der Waals surface area contributed by atoms with Crippen molar-refractivity contribution in [2.24, 2.45) is 0 Å². The predicted molar refractivity (Wildman–Crippen MR) is 104 cm³/mol. The van der Waals surface area contributed by atoms with Crippen LogP contribution in [-0.2, 0) is 10.3 Å². The molecular formula is C20H22F3N3O4. The number of halogens is 3. The number of fused-ring (bicyclic) bond motifs is 2. The lowest BCUT2D eigenvalue weighted by Crippen LogP contribution is -2.47. The minimum absolute atomic E-state index is 0.0207. The van der Waals surface area contributed by atoms with Gasteiger partial charge in [-0.2, -0.15) is 0 Å². The van der Waals surface area contributed by atoms with Gasteiger partial charge in [-0.15, -0.1) is 0 Å². The van der Waals surface area contributed by atoms with Gasteiger partial charge < -0.3 is 24.6 Å². The zero-order chi connectivity index (χ0) is 21.6. The van der Waals surface area contributed by atoms with Gasteiger partial charge >= 0.3 is 5.97 Å². The van der Waals surface area contributed by atoms with E-state index in [9.17, 15) is 23.5 Å². The number of carboxylic acid groups (broad SMARTS) is 1. The fourth-order valence-corrected chi connectivity index (χ4v) is 4.13. The van der Waals surface area contributed by atoms with E-state index in [1.165, 1.54) is 13.0 Å². The molecule has 4 rings (SSSR count). The third-order valence-corrected chi connectivity index (χ3v) is 5.91. The molecule has 2 aromatic rings. The molecule has 10 heteroatoms. The van der Waals surface area contributed by atoms with Gasteiger partial charge in [0.15, 0.2) is 0 Å². The molecule has 30 heavy (non-hydrogen) atoms. The number of morpholine rings is 1. The SMILES string of the molecule is CC(CF)(CF)n1cc(C(=O)O)c(=O)c2cc(F)c(N3C[C@@H]4OCCN[C@@H]4C3)cc21. The number of ether oxygens (including phenoxy) is 1. The fourth-order valence-electron chi connectivity index (χ4n) is 4.13. The van der Waals surface area contributed by atoms with E-state index in [-0.39, 0.29) is 28.7 Å². The molecule has 2 aliphatic rings. The highest BCUT2D eigenvalue weighted by Crippen LogP contribution is 2.32. The number of aromatic carboxylic acids is 1. The van der Waals surface area contributed by atoms with Gasteiger partial charge in [0.1, 0.15) is 24.7 Å². The van der Waals surface area contributed by atoms with Gasteiger partial charge in [-0.3, -0.25) is 4.79 Å². The van der Waals surface area contributed by atoms with Gasteiger partial charge in [-0.05, 0) is 19.1 Å². The Balaban J connectivity index is 1.91. The van der Waals surface area contributed by atoms with Crippen LogP contribution in [0.25, 0.3) is 10.9 Å². The van der Waals surface area contributed by atoms with Gasteiger partial charge in [0.25, 0.3) is 0 Å². The quantitative estimate of drug-likeness (QED) is 0.759. The van der Waals surface area contributed by atoms with Crippen LogP contribution < -0.4 is 15.6 Å². The molecule has 0 bridgehead atoms. The second-order valence-corrected chi connectivity index (χ2v) is 8.01.